The first-order chi connectivity index (χ1) is 7.61. The van der Waals surface area contributed by atoms with Crippen LogP contribution in [0.25, 0.3) is 0 Å². The Labute approximate surface area is 95.3 Å². The van der Waals surface area contributed by atoms with Crippen molar-refractivity contribution in [1.82, 2.24) is 14.5 Å². The molecule has 1 unspecified atom stereocenters. The molecule has 0 saturated carbocycles. The molecule has 1 aliphatic heterocycles. The van der Waals surface area contributed by atoms with Crippen LogP contribution in [0.1, 0.15) is 11.8 Å². The van der Waals surface area contributed by atoms with E-state index in [0.29, 0.717) is 6.42 Å². The zero-order chi connectivity index (χ0) is 11.7. The number of anilines is 1. The summed E-state index contributed by atoms with van der Waals surface area (Å²) < 4.78 is 1.32. The Morgan fingerprint density at radius 1 is 1.69 bits per heavy atom. The first kappa shape index (κ1) is 11.4. The van der Waals surface area contributed by atoms with Gasteiger partial charge in [-0.3, -0.25) is 4.57 Å². The molecule has 2 rings (SSSR count). The lowest BCUT2D eigenvalue weighted by Crippen LogP contribution is -2.26. The largest absolute Gasteiger partial charge is 0.395 e. The third-order valence-electron chi connectivity index (χ3n) is 2.44. The van der Waals surface area contributed by atoms with Gasteiger partial charge in [-0.2, -0.15) is 4.98 Å². The fourth-order valence-corrected chi connectivity index (χ4v) is 2.97. The highest BCUT2D eigenvalue weighted by atomic mass is 32.2. The number of hydrogen-bond donors (Lipinski definition) is 3. The lowest BCUT2D eigenvalue weighted by atomic mass is 10.2. The summed E-state index contributed by atoms with van der Waals surface area (Å²) in [4.78, 5) is 18.7. The smallest absolute Gasteiger partial charge is 0.353 e. The van der Waals surface area contributed by atoms with E-state index in [4.69, 9.17) is 10.8 Å². The molecule has 0 radical (unpaired) electrons. The minimum atomic E-state index is -0.621. The van der Waals surface area contributed by atoms with Crippen molar-refractivity contribution in [3.05, 3.63) is 16.8 Å². The minimum Gasteiger partial charge on any atom is -0.395 e. The first-order valence-corrected chi connectivity index (χ1v) is 5.71. The molecule has 16 heavy (non-hydrogen) atoms. The van der Waals surface area contributed by atoms with Gasteiger partial charge in [0, 0.05) is 6.42 Å². The van der Waals surface area contributed by atoms with Gasteiger partial charge in [0.15, 0.2) is 0 Å². The van der Waals surface area contributed by atoms with E-state index in [-0.39, 0.29) is 23.2 Å². The molecule has 3 atom stereocenters. The fraction of sp³-hybridized carbons (Fsp3) is 0.625. The van der Waals surface area contributed by atoms with Crippen LogP contribution in [0.5, 0.6) is 0 Å². The zero-order valence-electron chi connectivity index (χ0n) is 8.35. The quantitative estimate of drug-likeness (QED) is 0.584. The molecule has 0 bridgehead atoms. The van der Waals surface area contributed by atoms with Gasteiger partial charge in [0.1, 0.15) is 6.33 Å². The van der Waals surface area contributed by atoms with Crippen molar-refractivity contribution >= 4 is 17.7 Å². The molecule has 7 nitrogen and oxygen atoms in total. The maximum absolute atomic E-state index is 11.5. The van der Waals surface area contributed by atoms with Crippen molar-refractivity contribution in [3.8, 4) is 0 Å². The number of aliphatic hydroxyl groups is 2. The average molecular weight is 244 g/mol. The van der Waals surface area contributed by atoms with Gasteiger partial charge in [-0.05, 0) is 0 Å². The number of nitrogens with two attached hydrogens (primary N) is 1. The monoisotopic (exact) mass is 244 g/mol. The summed E-state index contributed by atoms with van der Waals surface area (Å²) in [5.74, 6) is -0.0662. The molecule has 1 saturated heterocycles. The van der Waals surface area contributed by atoms with Gasteiger partial charge < -0.3 is 15.9 Å². The van der Waals surface area contributed by atoms with E-state index in [2.05, 4.69) is 9.97 Å². The average Bonchev–Trinajstić information content (AvgIpc) is 2.59. The molecule has 88 valence electrons. The molecule has 0 aromatic carbocycles. The van der Waals surface area contributed by atoms with Crippen molar-refractivity contribution in [2.75, 3.05) is 12.3 Å². The van der Waals surface area contributed by atoms with E-state index >= 15 is 0 Å². The molecule has 1 aromatic rings. The van der Waals surface area contributed by atoms with Gasteiger partial charge in [0.2, 0.25) is 5.95 Å². The maximum Gasteiger partial charge on any atom is 0.353 e. The summed E-state index contributed by atoms with van der Waals surface area (Å²) in [6, 6.07) is 0. The van der Waals surface area contributed by atoms with Gasteiger partial charge in [0.25, 0.3) is 0 Å². The van der Waals surface area contributed by atoms with Gasteiger partial charge in [0.05, 0.1) is 23.3 Å². The SMILES string of the molecule is Nc1ncn(C2C[C@@H](O)[C@H](CO)S2)c(=O)n1. The number of nitrogen functional groups attached to an aromatic ring is 1. The minimum absolute atomic E-state index is 0.0662. The predicted molar refractivity (Wildman–Crippen MR) is 58.8 cm³/mol. The van der Waals surface area contributed by atoms with Crippen LogP contribution >= 0.6 is 11.8 Å². The number of rotatable bonds is 2. The van der Waals surface area contributed by atoms with E-state index in [1.165, 1.54) is 22.7 Å². The molecule has 1 aromatic heterocycles. The Kier molecular flexibility index (Phi) is 3.13. The molecular weight excluding hydrogens is 232 g/mol. The lowest BCUT2D eigenvalue weighted by molar-refractivity contribution is 0.137. The Bertz CT molecular complexity index is 438. The van der Waals surface area contributed by atoms with E-state index in [1.807, 2.05) is 0 Å². The lowest BCUT2D eigenvalue weighted by Gasteiger charge is -2.11. The van der Waals surface area contributed by atoms with Crippen LogP contribution in [-0.2, 0) is 0 Å². The Hall–Kier alpha value is -1.12. The summed E-state index contributed by atoms with van der Waals surface area (Å²) in [6.07, 6.45) is 1.09. The molecule has 1 fully saturated rings. The van der Waals surface area contributed by atoms with E-state index < -0.39 is 11.8 Å². The molecule has 0 aliphatic carbocycles. The van der Waals surface area contributed by atoms with E-state index in [9.17, 15) is 9.90 Å². The molecule has 8 heteroatoms. The van der Waals surface area contributed by atoms with E-state index in [0.717, 1.165) is 0 Å². The number of nitrogens with zero attached hydrogens (tertiary/aromatic N) is 3. The third kappa shape index (κ3) is 2.04. The van der Waals surface area contributed by atoms with Crippen LogP contribution in [0.15, 0.2) is 11.1 Å². The Balaban J connectivity index is 2.23. The molecule has 2 heterocycles. The molecular formula is C8H12N4O3S. The highest BCUT2D eigenvalue weighted by molar-refractivity contribution is 8.00. The number of aromatic nitrogens is 3. The van der Waals surface area contributed by atoms with Crippen LogP contribution in [0.4, 0.5) is 5.95 Å². The highest BCUT2D eigenvalue weighted by Crippen LogP contribution is 2.40. The third-order valence-corrected chi connectivity index (χ3v) is 3.99. The van der Waals surface area contributed by atoms with Crippen LogP contribution in [0.3, 0.4) is 0 Å². The fourth-order valence-electron chi connectivity index (χ4n) is 1.60. The summed E-state index contributed by atoms with van der Waals surface area (Å²) in [5, 5.41) is 18.1. The van der Waals surface area contributed by atoms with Gasteiger partial charge >= 0.3 is 5.69 Å². The molecule has 1 aliphatic rings. The standard InChI is InChI=1S/C8H12N4O3S/c9-7-10-3-12(8(15)11-7)6-1-4(14)5(2-13)16-6/h3-6,13-14H,1-2H2,(H2,9,11,15)/t4-,5+,6?/m1/s1. The highest BCUT2D eigenvalue weighted by Gasteiger charge is 2.34. The van der Waals surface area contributed by atoms with Crippen molar-refractivity contribution in [2.24, 2.45) is 0 Å². The molecule has 0 amide bonds. The number of thioether (sulfide) groups is 1. The number of hydrogen-bond acceptors (Lipinski definition) is 7. The number of aliphatic hydroxyl groups excluding tert-OH is 2. The Morgan fingerprint density at radius 3 is 3.00 bits per heavy atom. The molecule has 4 N–H and O–H groups in total. The molecule has 0 spiro atoms. The van der Waals surface area contributed by atoms with Crippen molar-refractivity contribution in [1.29, 1.82) is 0 Å². The van der Waals surface area contributed by atoms with Crippen molar-refractivity contribution < 1.29 is 10.2 Å². The van der Waals surface area contributed by atoms with Crippen LogP contribution in [0, 0.1) is 0 Å². The van der Waals surface area contributed by atoms with Gasteiger partial charge in [-0.15, -0.1) is 11.8 Å². The predicted octanol–water partition coefficient (Wildman–Crippen LogP) is -1.42. The van der Waals surface area contributed by atoms with Gasteiger partial charge in [-0.25, -0.2) is 9.78 Å². The van der Waals surface area contributed by atoms with E-state index in [1.54, 1.807) is 0 Å². The second-order valence-electron chi connectivity index (χ2n) is 3.52. The summed E-state index contributed by atoms with van der Waals surface area (Å²) in [6.45, 7) is -0.118. The van der Waals surface area contributed by atoms with Crippen LogP contribution < -0.4 is 11.4 Å². The van der Waals surface area contributed by atoms with Crippen molar-refractivity contribution in [3.63, 3.8) is 0 Å². The normalized spacial score (nSPS) is 29.5. The second-order valence-corrected chi connectivity index (χ2v) is 4.94. The summed E-state index contributed by atoms with van der Waals surface area (Å²) >= 11 is 1.33. The maximum atomic E-state index is 11.5. The topological polar surface area (TPSA) is 114 Å². The van der Waals surface area contributed by atoms with Gasteiger partial charge in [-0.1, -0.05) is 0 Å². The Morgan fingerprint density at radius 2 is 2.44 bits per heavy atom. The van der Waals surface area contributed by atoms with Crippen LogP contribution in [0.2, 0.25) is 0 Å². The van der Waals surface area contributed by atoms with Crippen molar-refractivity contribution in [2.45, 2.75) is 23.1 Å². The van der Waals surface area contributed by atoms with Crippen LogP contribution in [-0.4, -0.2) is 42.7 Å². The zero-order valence-corrected chi connectivity index (χ0v) is 9.17. The first-order valence-electron chi connectivity index (χ1n) is 4.77. The summed E-state index contributed by atoms with van der Waals surface area (Å²) in [7, 11) is 0. The summed E-state index contributed by atoms with van der Waals surface area (Å²) in [5.41, 5.74) is 4.79. The second kappa shape index (κ2) is 4.40.